The lowest BCUT2D eigenvalue weighted by Gasteiger charge is -2.33. The summed E-state index contributed by atoms with van der Waals surface area (Å²) in [5.74, 6) is 0.762. The SMILES string of the molecule is NC(=O)c1cc(OC2CCN(c3ncc(Cl)cc3Cl)CC2)ccn1. The number of aromatic nitrogens is 2. The van der Waals surface area contributed by atoms with E-state index in [1.807, 2.05) is 0 Å². The number of nitrogens with two attached hydrogens (primary N) is 1. The van der Waals surface area contributed by atoms with Crippen molar-refractivity contribution in [3.63, 3.8) is 0 Å². The van der Waals surface area contributed by atoms with Crippen molar-refractivity contribution in [3.8, 4) is 5.75 Å². The van der Waals surface area contributed by atoms with E-state index in [4.69, 9.17) is 33.7 Å². The van der Waals surface area contributed by atoms with E-state index in [9.17, 15) is 4.79 Å². The molecule has 6 nitrogen and oxygen atoms in total. The quantitative estimate of drug-likeness (QED) is 0.899. The maximum absolute atomic E-state index is 11.2. The number of hydrogen-bond donors (Lipinski definition) is 1. The summed E-state index contributed by atoms with van der Waals surface area (Å²) in [6.07, 6.45) is 4.79. The number of hydrogen-bond acceptors (Lipinski definition) is 5. The largest absolute Gasteiger partial charge is 0.490 e. The van der Waals surface area contributed by atoms with Crippen molar-refractivity contribution >= 4 is 34.9 Å². The van der Waals surface area contributed by atoms with Gasteiger partial charge in [0.1, 0.15) is 23.4 Å². The van der Waals surface area contributed by atoms with Crippen LogP contribution in [0.1, 0.15) is 23.3 Å². The molecule has 0 bridgehead atoms. The first-order valence-corrected chi connectivity index (χ1v) is 8.27. The van der Waals surface area contributed by atoms with Crippen molar-refractivity contribution in [3.05, 3.63) is 46.3 Å². The van der Waals surface area contributed by atoms with Gasteiger partial charge in [0.25, 0.3) is 5.91 Å². The molecule has 0 spiro atoms. The van der Waals surface area contributed by atoms with Gasteiger partial charge in [-0.25, -0.2) is 4.98 Å². The number of halogens is 2. The number of ether oxygens (including phenoxy) is 1. The third-order valence-electron chi connectivity index (χ3n) is 3.82. The lowest BCUT2D eigenvalue weighted by molar-refractivity contribution is 0.0994. The van der Waals surface area contributed by atoms with Crippen molar-refractivity contribution in [1.82, 2.24) is 9.97 Å². The number of nitrogens with zero attached hydrogens (tertiary/aromatic N) is 3. The number of anilines is 1. The second kappa shape index (κ2) is 7.23. The molecule has 1 fully saturated rings. The Morgan fingerprint density at radius 2 is 2.00 bits per heavy atom. The van der Waals surface area contributed by atoms with Crippen LogP contribution in [-0.4, -0.2) is 35.1 Å². The Kier molecular flexibility index (Phi) is 5.06. The topological polar surface area (TPSA) is 81.3 Å². The Balaban J connectivity index is 1.61. The molecule has 0 atom stereocenters. The van der Waals surface area contributed by atoms with Gasteiger partial charge in [0.15, 0.2) is 0 Å². The number of primary amides is 1. The van der Waals surface area contributed by atoms with Crippen LogP contribution in [0.4, 0.5) is 5.82 Å². The molecule has 1 amide bonds. The van der Waals surface area contributed by atoms with Crippen molar-refractivity contribution in [1.29, 1.82) is 0 Å². The molecule has 0 aromatic carbocycles. The summed E-state index contributed by atoms with van der Waals surface area (Å²) in [4.78, 5) is 21.5. The average Bonchev–Trinajstić information content (AvgIpc) is 2.56. The van der Waals surface area contributed by atoms with Crippen LogP contribution >= 0.6 is 23.2 Å². The molecule has 2 N–H and O–H groups in total. The summed E-state index contributed by atoms with van der Waals surface area (Å²) in [7, 11) is 0. The van der Waals surface area contributed by atoms with E-state index in [0.29, 0.717) is 15.8 Å². The Morgan fingerprint density at radius 1 is 1.25 bits per heavy atom. The second-order valence-electron chi connectivity index (χ2n) is 5.50. The fourth-order valence-electron chi connectivity index (χ4n) is 2.64. The zero-order valence-electron chi connectivity index (χ0n) is 12.8. The molecule has 0 unspecified atom stereocenters. The van der Waals surface area contributed by atoms with Crippen molar-refractivity contribution < 1.29 is 9.53 Å². The third-order valence-corrected chi connectivity index (χ3v) is 4.30. The predicted octanol–water partition coefficient (Wildman–Crippen LogP) is 2.93. The molecule has 24 heavy (non-hydrogen) atoms. The van der Waals surface area contributed by atoms with E-state index in [1.165, 1.54) is 6.20 Å². The molecule has 1 aliphatic rings. The minimum atomic E-state index is -0.571. The molecule has 3 heterocycles. The van der Waals surface area contributed by atoms with Crippen LogP contribution in [0.5, 0.6) is 5.75 Å². The molecular formula is C16H16Cl2N4O2. The summed E-state index contributed by atoms with van der Waals surface area (Å²) in [6, 6.07) is 4.97. The number of piperidine rings is 1. The number of carbonyl (C=O) groups excluding carboxylic acids is 1. The van der Waals surface area contributed by atoms with Crippen LogP contribution in [0.25, 0.3) is 0 Å². The molecule has 2 aromatic rings. The minimum absolute atomic E-state index is 0.0513. The first kappa shape index (κ1) is 16.8. The Morgan fingerprint density at radius 3 is 2.67 bits per heavy atom. The fourth-order valence-corrected chi connectivity index (χ4v) is 3.14. The van der Waals surface area contributed by atoms with E-state index >= 15 is 0 Å². The highest BCUT2D eigenvalue weighted by Gasteiger charge is 2.23. The highest BCUT2D eigenvalue weighted by molar-refractivity contribution is 6.36. The van der Waals surface area contributed by atoms with Gasteiger partial charge in [-0.3, -0.25) is 9.78 Å². The Labute approximate surface area is 149 Å². The van der Waals surface area contributed by atoms with E-state index < -0.39 is 5.91 Å². The molecular weight excluding hydrogens is 351 g/mol. The van der Waals surface area contributed by atoms with E-state index in [0.717, 1.165) is 31.7 Å². The van der Waals surface area contributed by atoms with Gasteiger partial charge in [-0.15, -0.1) is 0 Å². The van der Waals surface area contributed by atoms with Gasteiger partial charge in [-0.05, 0) is 12.1 Å². The second-order valence-corrected chi connectivity index (χ2v) is 6.35. The first-order valence-electron chi connectivity index (χ1n) is 7.51. The van der Waals surface area contributed by atoms with Gasteiger partial charge in [0.05, 0.1) is 10.0 Å². The molecule has 2 aromatic heterocycles. The van der Waals surface area contributed by atoms with E-state index in [2.05, 4.69) is 14.9 Å². The van der Waals surface area contributed by atoms with E-state index in [1.54, 1.807) is 24.4 Å². The Bertz CT molecular complexity index is 749. The maximum atomic E-state index is 11.2. The van der Waals surface area contributed by atoms with Crippen LogP contribution in [0, 0.1) is 0 Å². The molecule has 3 rings (SSSR count). The van der Waals surface area contributed by atoms with Crippen LogP contribution < -0.4 is 15.4 Å². The normalized spacial score (nSPS) is 15.3. The highest BCUT2D eigenvalue weighted by atomic mass is 35.5. The van der Waals surface area contributed by atoms with Crippen molar-refractivity contribution in [2.75, 3.05) is 18.0 Å². The fraction of sp³-hybridized carbons (Fsp3) is 0.312. The molecule has 1 aliphatic heterocycles. The first-order chi connectivity index (χ1) is 11.5. The molecule has 0 radical (unpaired) electrons. The number of pyridine rings is 2. The van der Waals surface area contributed by atoms with Gasteiger partial charge < -0.3 is 15.4 Å². The van der Waals surface area contributed by atoms with Crippen LogP contribution in [0.3, 0.4) is 0 Å². The van der Waals surface area contributed by atoms with Crippen LogP contribution in [0.15, 0.2) is 30.6 Å². The highest BCUT2D eigenvalue weighted by Crippen LogP contribution is 2.29. The summed E-state index contributed by atoms with van der Waals surface area (Å²) in [5, 5.41) is 1.06. The van der Waals surface area contributed by atoms with Crippen LogP contribution in [-0.2, 0) is 0 Å². The van der Waals surface area contributed by atoms with E-state index in [-0.39, 0.29) is 11.8 Å². The standard InChI is InChI=1S/C16H16Cl2N4O2/c17-10-7-13(18)16(21-9-10)22-5-2-11(3-6-22)24-12-1-4-20-14(8-12)15(19)23/h1,4,7-9,11H,2-3,5-6H2,(H2,19,23). The molecule has 1 saturated heterocycles. The monoisotopic (exact) mass is 366 g/mol. The lowest BCUT2D eigenvalue weighted by atomic mass is 10.1. The summed E-state index contributed by atoms with van der Waals surface area (Å²) in [5.41, 5.74) is 5.43. The number of carbonyl (C=O) groups is 1. The van der Waals surface area contributed by atoms with Gasteiger partial charge in [0.2, 0.25) is 0 Å². The number of amides is 1. The third kappa shape index (κ3) is 3.88. The van der Waals surface area contributed by atoms with Gasteiger partial charge in [-0.2, -0.15) is 0 Å². The smallest absolute Gasteiger partial charge is 0.267 e. The van der Waals surface area contributed by atoms with Crippen molar-refractivity contribution in [2.24, 2.45) is 5.73 Å². The zero-order valence-corrected chi connectivity index (χ0v) is 14.3. The minimum Gasteiger partial charge on any atom is -0.490 e. The van der Waals surface area contributed by atoms with Gasteiger partial charge >= 0.3 is 0 Å². The zero-order chi connectivity index (χ0) is 17.1. The molecule has 126 valence electrons. The summed E-state index contributed by atoms with van der Waals surface area (Å²) < 4.78 is 5.93. The van der Waals surface area contributed by atoms with Gasteiger partial charge in [-0.1, -0.05) is 23.2 Å². The maximum Gasteiger partial charge on any atom is 0.267 e. The lowest BCUT2D eigenvalue weighted by Crippen LogP contribution is -2.38. The summed E-state index contributed by atoms with van der Waals surface area (Å²) >= 11 is 12.1. The van der Waals surface area contributed by atoms with Gasteiger partial charge in [0, 0.05) is 44.4 Å². The molecule has 8 heteroatoms. The number of rotatable bonds is 4. The van der Waals surface area contributed by atoms with Crippen LogP contribution in [0.2, 0.25) is 10.0 Å². The van der Waals surface area contributed by atoms with Crippen molar-refractivity contribution in [2.45, 2.75) is 18.9 Å². The predicted molar refractivity (Wildman–Crippen MR) is 92.9 cm³/mol. The summed E-state index contributed by atoms with van der Waals surface area (Å²) in [6.45, 7) is 1.54. The Hall–Kier alpha value is -2.05. The average molecular weight is 367 g/mol. The molecule has 0 saturated carbocycles. The molecule has 0 aliphatic carbocycles.